The summed E-state index contributed by atoms with van der Waals surface area (Å²) in [5, 5.41) is 11.1. The third-order valence-corrected chi connectivity index (χ3v) is 4.68. The number of nitrogens with one attached hydrogen (secondary N) is 1. The largest absolute Gasteiger partial charge is 0.346 e. The van der Waals surface area contributed by atoms with Gasteiger partial charge in [-0.25, -0.2) is 0 Å². The van der Waals surface area contributed by atoms with Crippen LogP contribution in [0.5, 0.6) is 0 Å². The van der Waals surface area contributed by atoms with Gasteiger partial charge in [-0.05, 0) is 45.2 Å². The fraction of sp³-hybridized carbons (Fsp3) is 0.625. The van der Waals surface area contributed by atoms with E-state index in [1.807, 2.05) is 16.9 Å². The number of aryl methyl sites for hydroxylation is 1. The predicted octanol–water partition coefficient (Wildman–Crippen LogP) is 1.52. The van der Waals surface area contributed by atoms with Gasteiger partial charge < -0.3 is 9.84 Å². The van der Waals surface area contributed by atoms with Crippen LogP contribution in [0, 0.1) is 0 Å². The Morgan fingerprint density at radius 2 is 2.29 bits per heavy atom. The van der Waals surface area contributed by atoms with Gasteiger partial charge in [0.15, 0.2) is 0 Å². The fourth-order valence-corrected chi connectivity index (χ4v) is 3.22. The second kappa shape index (κ2) is 6.35. The van der Waals surface area contributed by atoms with E-state index >= 15 is 0 Å². The third-order valence-electron chi connectivity index (χ3n) is 4.68. The maximum absolute atomic E-state index is 12.0. The summed E-state index contributed by atoms with van der Waals surface area (Å²) < 4.78 is 7.39. The molecule has 4 rings (SSSR count). The minimum atomic E-state index is -0.235. The second-order valence-electron chi connectivity index (χ2n) is 6.47. The van der Waals surface area contributed by atoms with Crippen LogP contribution >= 0.6 is 0 Å². The fourth-order valence-electron chi connectivity index (χ4n) is 3.22. The maximum atomic E-state index is 12.0. The van der Waals surface area contributed by atoms with Crippen LogP contribution in [0.15, 0.2) is 16.8 Å². The average molecular weight is 330 g/mol. The lowest BCUT2D eigenvalue weighted by molar-refractivity contribution is 0.0937. The standard InChI is InChI=1S/C16H22N6O2/c1-2-22-12(7-8-17-22)10-21-9-3-4-13(21)16-19-14(20-24-16)15(23)18-11-5-6-11/h7-8,11,13H,2-6,9-10H2,1H3,(H,18,23)/t13-/m0/s1. The van der Waals surface area contributed by atoms with Crippen LogP contribution < -0.4 is 5.32 Å². The zero-order valence-electron chi connectivity index (χ0n) is 13.8. The lowest BCUT2D eigenvalue weighted by Gasteiger charge is -2.21. The van der Waals surface area contributed by atoms with Crippen LogP contribution in [-0.4, -0.2) is 43.3 Å². The quantitative estimate of drug-likeness (QED) is 0.864. The lowest BCUT2D eigenvalue weighted by atomic mass is 10.2. The van der Waals surface area contributed by atoms with Gasteiger partial charge in [0.25, 0.3) is 11.7 Å². The van der Waals surface area contributed by atoms with Gasteiger partial charge in [0.2, 0.25) is 5.89 Å². The molecule has 0 bridgehead atoms. The van der Waals surface area contributed by atoms with Gasteiger partial charge in [-0.15, -0.1) is 0 Å². The summed E-state index contributed by atoms with van der Waals surface area (Å²) in [4.78, 5) is 18.7. The SMILES string of the molecule is CCn1nccc1CN1CCC[C@H]1c1nc(C(=O)NC2CC2)no1. The Balaban J connectivity index is 1.46. The Morgan fingerprint density at radius 3 is 3.08 bits per heavy atom. The van der Waals surface area contributed by atoms with E-state index in [-0.39, 0.29) is 23.8 Å². The van der Waals surface area contributed by atoms with E-state index in [0.717, 1.165) is 45.3 Å². The number of hydrogen-bond acceptors (Lipinski definition) is 6. The molecule has 1 amide bonds. The molecule has 0 radical (unpaired) electrons. The Labute approximate surface area is 140 Å². The molecule has 1 aliphatic carbocycles. The van der Waals surface area contributed by atoms with Crippen molar-refractivity contribution >= 4 is 5.91 Å². The van der Waals surface area contributed by atoms with Crippen LogP contribution in [-0.2, 0) is 13.1 Å². The second-order valence-corrected chi connectivity index (χ2v) is 6.47. The van der Waals surface area contributed by atoms with Gasteiger partial charge in [-0.2, -0.15) is 10.1 Å². The molecule has 0 unspecified atom stereocenters. The summed E-state index contributed by atoms with van der Waals surface area (Å²) in [7, 11) is 0. The molecule has 3 heterocycles. The van der Waals surface area contributed by atoms with Crippen LogP contribution in [0.1, 0.15) is 60.9 Å². The van der Waals surface area contributed by atoms with Crippen LogP contribution in [0.2, 0.25) is 0 Å². The molecule has 1 atom stereocenters. The molecule has 8 nitrogen and oxygen atoms in total. The van der Waals surface area contributed by atoms with E-state index in [1.165, 1.54) is 5.69 Å². The monoisotopic (exact) mass is 330 g/mol. The van der Waals surface area contributed by atoms with Gasteiger partial charge >= 0.3 is 0 Å². The molecule has 1 aliphatic heterocycles. The van der Waals surface area contributed by atoms with Crippen molar-refractivity contribution in [3.63, 3.8) is 0 Å². The van der Waals surface area contributed by atoms with Gasteiger partial charge in [-0.1, -0.05) is 5.16 Å². The first-order valence-corrected chi connectivity index (χ1v) is 8.64. The number of likely N-dealkylation sites (tertiary alicyclic amines) is 1. The number of nitrogens with zero attached hydrogens (tertiary/aromatic N) is 5. The molecule has 2 aliphatic rings. The van der Waals surface area contributed by atoms with Gasteiger partial charge in [-0.3, -0.25) is 14.4 Å². The molecule has 8 heteroatoms. The van der Waals surface area contributed by atoms with Crippen molar-refractivity contribution < 1.29 is 9.32 Å². The Morgan fingerprint density at radius 1 is 1.42 bits per heavy atom. The van der Waals surface area contributed by atoms with Crippen molar-refractivity contribution in [1.29, 1.82) is 0 Å². The minimum absolute atomic E-state index is 0.0696. The zero-order valence-corrected chi connectivity index (χ0v) is 13.8. The van der Waals surface area contributed by atoms with Gasteiger partial charge in [0.05, 0.1) is 11.7 Å². The molecular formula is C16H22N6O2. The molecule has 2 aromatic rings. The van der Waals surface area contributed by atoms with Crippen LogP contribution in [0.25, 0.3) is 0 Å². The van der Waals surface area contributed by atoms with Crippen molar-refractivity contribution in [2.45, 2.75) is 57.8 Å². The minimum Gasteiger partial charge on any atom is -0.346 e. The Bertz CT molecular complexity index is 720. The molecule has 0 spiro atoms. The number of rotatable bonds is 6. The van der Waals surface area contributed by atoms with E-state index in [2.05, 4.69) is 32.4 Å². The van der Waals surface area contributed by atoms with E-state index in [4.69, 9.17) is 4.52 Å². The van der Waals surface area contributed by atoms with E-state index in [0.29, 0.717) is 5.89 Å². The highest BCUT2D eigenvalue weighted by atomic mass is 16.5. The summed E-state index contributed by atoms with van der Waals surface area (Å²) in [5.41, 5.74) is 1.18. The van der Waals surface area contributed by atoms with Gasteiger partial charge in [0, 0.05) is 25.3 Å². The first kappa shape index (κ1) is 15.3. The predicted molar refractivity (Wildman–Crippen MR) is 85.1 cm³/mol. The molecule has 2 aromatic heterocycles. The summed E-state index contributed by atoms with van der Waals surface area (Å²) >= 11 is 0. The zero-order chi connectivity index (χ0) is 16.5. The first-order chi connectivity index (χ1) is 11.7. The van der Waals surface area contributed by atoms with Crippen molar-refractivity contribution in [1.82, 2.24) is 30.1 Å². The molecule has 24 heavy (non-hydrogen) atoms. The topological polar surface area (TPSA) is 89.1 Å². The lowest BCUT2D eigenvalue weighted by Crippen LogP contribution is -2.27. The Hall–Kier alpha value is -2.22. The third kappa shape index (κ3) is 3.06. The van der Waals surface area contributed by atoms with Crippen LogP contribution in [0.4, 0.5) is 0 Å². The highest BCUT2D eigenvalue weighted by Gasteiger charge is 2.33. The normalized spacial score (nSPS) is 21.3. The number of amides is 1. The highest BCUT2D eigenvalue weighted by molar-refractivity contribution is 5.90. The molecule has 1 N–H and O–H groups in total. The molecule has 0 aromatic carbocycles. The summed E-state index contributed by atoms with van der Waals surface area (Å²) in [5.74, 6) is 0.444. The van der Waals surface area contributed by atoms with E-state index in [9.17, 15) is 4.79 Å². The first-order valence-electron chi connectivity index (χ1n) is 8.64. The van der Waals surface area contributed by atoms with Crippen molar-refractivity contribution in [3.05, 3.63) is 29.7 Å². The molecular weight excluding hydrogens is 308 g/mol. The molecule has 128 valence electrons. The number of aromatic nitrogens is 4. The smallest absolute Gasteiger partial charge is 0.292 e. The molecule has 1 saturated carbocycles. The summed E-state index contributed by atoms with van der Waals surface area (Å²) in [6, 6.07) is 2.40. The van der Waals surface area contributed by atoms with E-state index < -0.39 is 0 Å². The molecule has 2 fully saturated rings. The van der Waals surface area contributed by atoms with Crippen molar-refractivity contribution in [3.8, 4) is 0 Å². The average Bonchev–Trinajstić information content (AvgIpc) is 3.01. The highest BCUT2D eigenvalue weighted by Crippen LogP contribution is 2.32. The van der Waals surface area contributed by atoms with Crippen LogP contribution in [0.3, 0.4) is 0 Å². The summed E-state index contributed by atoms with van der Waals surface area (Å²) in [6.45, 7) is 4.71. The van der Waals surface area contributed by atoms with Crippen molar-refractivity contribution in [2.75, 3.05) is 6.54 Å². The Kier molecular flexibility index (Phi) is 4.05. The maximum Gasteiger partial charge on any atom is 0.292 e. The molecule has 1 saturated heterocycles. The number of carbonyl (C=O) groups excluding carboxylic acids is 1. The van der Waals surface area contributed by atoms with E-state index in [1.54, 1.807) is 0 Å². The number of carbonyl (C=O) groups is 1. The number of hydrogen-bond donors (Lipinski definition) is 1. The van der Waals surface area contributed by atoms with Gasteiger partial charge in [0.1, 0.15) is 0 Å². The summed E-state index contributed by atoms with van der Waals surface area (Å²) in [6.07, 6.45) is 5.95. The van der Waals surface area contributed by atoms with Crippen molar-refractivity contribution in [2.24, 2.45) is 0 Å².